The molecule has 0 saturated carbocycles. The van der Waals surface area contributed by atoms with Crippen LogP contribution in [0.2, 0.25) is 0 Å². The fourth-order valence-electron chi connectivity index (χ4n) is 2.44. The molecule has 2 N–H and O–H groups in total. The molecule has 2 rings (SSSR count). The average molecular weight is 295 g/mol. The van der Waals surface area contributed by atoms with Gasteiger partial charge in [-0.15, -0.1) is 11.8 Å². The summed E-state index contributed by atoms with van der Waals surface area (Å²) >= 11 is 1.56. The van der Waals surface area contributed by atoms with Crippen LogP contribution in [0.15, 0.2) is 23.1 Å². The van der Waals surface area contributed by atoms with Crippen LogP contribution in [0, 0.1) is 13.8 Å². The Labute approximate surface area is 121 Å². The third-order valence-electron chi connectivity index (χ3n) is 3.42. The summed E-state index contributed by atoms with van der Waals surface area (Å²) in [6, 6.07) is 5.15. The molecule has 0 bridgehead atoms. The van der Waals surface area contributed by atoms with Crippen molar-refractivity contribution in [3.63, 3.8) is 0 Å². The highest BCUT2D eigenvalue weighted by Crippen LogP contribution is 2.34. The minimum atomic E-state index is -1.17. The molecule has 1 amide bonds. The SMILES string of the molecule is Cc1ccc(S[C@@H]2C[C@@H](C(=O)O)N(C(=O)O)C2)c(C)c1. The lowest BCUT2D eigenvalue weighted by Gasteiger charge is -2.16. The Kier molecular flexibility index (Phi) is 4.23. The number of aryl methyl sites for hydroxylation is 2. The number of hydrogen-bond acceptors (Lipinski definition) is 3. The number of aliphatic carboxylic acids is 1. The highest BCUT2D eigenvalue weighted by atomic mass is 32.2. The summed E-state index contributed by atoms with van der Waals surface area (Å²) in [6.45, 7) is 4.28. The van der Waals surface area contributed by atoms with E-state index in [1.165, 1.54) is 5.56 Å². The largest absolute Gasteiger partial charge is 0.480 e. The molecule has 108 valence electrons. The molecule has 1 heterocycles. The summed E-state index contributed by atoms with van der Waals surface area (Å²) < 4.78 is 0. The van der Waals surface area contributed by atoms with Gasteiger partial charge in [-0.25, -0.2) is 9.59 Å². The molecular weight excluding hydrogens is 278 g/mol. The molecule has 1 aliphatic rings. The Balaban J connectivity index is 2.11. The molecule has 0 spiro atoms. The van der Waals surface area contributed by atoms with Crippen LogP contribution in [0.5, 0.6) is 0 Å². The van der Waals surface area contributed by atoms with E-state index in [1.54, 1.807) is 11.8 Å². The molecule has 1 fully saturated rings. The van der Waals surface area contributed by atoms with Crippen molar-refractivity contribution in [2.75, 3.05) is 6.54 Å². The average Bonchev–Trinajstić information content (AvgIpc) is 2.77. The molecule has 2 atom stereocenters. The minimum Gasteiger partial charge on any atom is -0.480 e. The van der Waals surface area contributed by atoms with Gasteiger partial charge in [-0.05, 0) is 31.9 Å². The molecule has 5 nitrogen and oxygen atoms in total. The number of carbonyl (C=O) groups is 2. The first kappa shape index (κ1) is 14.7. The van der Waals surface area contributed by atoms with E-state index in [4.69, 9.17) is 10.2 Å². The zero-order valence-corrected chi connectivity index (χ0v) is 12.2. The number of thioether (sulfide) groups is 1. The van der Waals surface area contributed by atoms with Crippen LogP contribution < -0.4 is 0 Å². The summed E-state index contributed by atoms with van der Waals surface area (Å²) in [5, 5.41) is 18.1. The summed E-state index contributed by atoms with van der Waals surface area (Å²) in [4.78, 5) is 24.3. The van der Waals surface area contributed by atoms with Crippen molar-refractivity contribution in [2.24, 2.45) is 0 Å². The van der Waals surface area contributed by atoms with E-state index in [-0.39, 0.29) is 11.8 Å². The molecule has 20 heavy (non-hydrogen) atoms. The van der Waals surface area contributed by atoms with Gasteiger partial charge in [0.2, 0.25) is 0 Å². The van der Waals surface area contributed by atoms with Gasteiger partial charge in [-0.2, -0.15) is 0 Å². The Hall–Kier alpha value is -1.69. The summed E-state index contributed by atoms with van der Waals surface area (Å²) in [6.07, 6.45) is -0.819. The fraction of sp³-hybridized carbons (Fsp3) is 0.429. The first-order valence-corrected chi connectivity index (χ1v) is 7.22. The van der Waals surface area contributed by atoms with E-state index in [0.29, 0.717) is 6.42 Å². The number of hydrogen-bond donors (Lipinski definition) is 2. The van der Waals surface area contributed by atoms with Gasteiger partial charge in [0.1, 0.15) is 6.04 Å². The zero-order valence-electron chi connectivity index (χ0n) is 11.4. The standard InChI is InChI=1S/C14H17NO4S/c1-8-3-4-12(9(2)5-8)20-10-6-11(13(16)17)15(7-10)14(18)19/h3-5,10-11H,6-7H2,1-2H3,(H,16,17)(H,18,19)/t10-,11+/m1/s1. The molecule has 0 radical (unpaired) electrons. The first-order chi connectivity index (χ1) is 9.38. The number of amides is 1. The van der Waals surface area contributed by atoms with Crippen LogP contribution in [0.3, 0.4) is 0 Å². The molecule has 0 aromatic heterocycles. The molecule has 0 aliphatic carbocycles. The van der Waals surface area contributed by atoms with Crippen molar-refractivity contribution in [3.05, 3.63) is 29.3 Å². The highest BCUT2D eigenvalue weighted by Gasteiger charge is 2.40. The van der Waals surface area contributed by atoms with Crippen LogP contribution in [0.1, 0.15) is 17.5 Å². The first-order valence-electron chi connectivity index (χ1n) is 6.34. The van der Waals surface area contributed by atoms with Crippen molar-refractivity contribution >= 4 is 23.8 Å². The normalized spacial score (nSPS) is 22.0. The fourth-order valence-corrected chi connectivity index (χ4v) is 3.70. The van der Waals surface area contributed by atoms with Crippen molar-refractivity contribution < 1.29 is 19.8 Å². The maximum atomic E-state index is 11.1. The van der Waals surface area contributed by atoms with E-state index < -0.39 is 18.1 Å². The van der Waals surface area contributed by atoms with Crippen LogP contribution in [-0.4, -0.2) is 45.0 Å². The number of benzene rings is 1. The highest BCUT2D eigenvalue weighted by molar-refractivity contribution is 8.00. The molecule has 1 aromatic rings. The van der Waals surface area contributed by atoms with E-state index in [0.717, 1.165) is 15.4 Å². The quantitative estimate of drug-likeness (QED) is 0.896. The Morgan fingerprint density at radius 1 is 1.30 bits per heavy atom. The lowest BCUT2D eigenvalue weighted by atomic mass is 10.2. The lowest BCUT2D eigenvalue weighted by Crippen LogP contribution is -2.39. The van der Waals surface area contributed by atoms with Crippen molar-refractivity contribution in [1.29, 1.82) is 0 Å². The van der Waals surface area contributed by atoms with Gasteiger partial charge in [0, 0.05) is 16.7 Å². The van der Waals surface area contributed by atoms with E-state index >= 15 is 0 Å². The molecule has 1 aromatic carbocycles. The Bertz CT molecular complexity index is 524. The Morgan fingerprint density at radius 2 is 2.00 bits per heavy atom. The number of carboxylic acid groups (broad SMARTS) is 2. The van der Waals surface area contributed by atoms with Gasteiger partial charge in [-0.1, -0.05) is 17.7 Å². The van der Waals surface area contributed by atoms with Gasteiger partial charge in [0.05, 0.1) is 0 Å². The second-order valence-electron chi connectivity index (χ2n) is 5.03. The van der Waals surface area contributed by atoms with Gasteiger partial charge < -0.3 is 10.2 Å². The smallest absolute Gasteiger partial charge is 0.408 e. The summed E-state index contributed by atoms with van der Waals surface area (Å²) in [5.41, 5.74) is 2.31. The predicted molar refractivity (Wildman–Crippen MR) is 76.3 cm³/mol. The number of carboxylic acids is 1. The van der Waals surface area contributed by atoms with E-state index in [9.17, 15) is 9.59 Å². The second kappa shape index (κ2) is 5.75. The molecule has 0 unspecified atom stereocenters. The molecular formula is C14H17NO4S. The van der Waals surface area contributed by atoms with Gasteiger partial charge >= 0.3 is 12.1 Å². The van der Waals surface area contributed by atoms with Gasteiger partial charge in [0.15, 0.2) is 0 Å². The van der Waals surface area contributed by atoms with Crippen molar-refractivity contribution in [2.45, 2.75) is 36.5 Å². The topological polar surface area (TPSA) is 77.8 Å². The lowest BCUT2D eigenvalue weighted by molar-refractivity contribution is -0.141. The molecule has 1 aliphatic heterocycles. The number of rotatable bonds is 3. The predicted octanol–water partition coefficient (Wildman–Crippen LogP) is 2.60. The number of nitrogens with zero attached hydrogens (tertiary/aromatic N) is 1. The summed E-state index contributed by atoms with van der Waals surface area (Å²) in [5.74, 6) is -1.07. The summed E-state index contributed by atoms with van der Waals surface area (Å²) in [7, 11) is 0. The third-order valence-corrected chi connectivity index (χ3v) is 4.80. The maximum Gasteiger partial charge on any atom is 0.408 e. The van der Waals surface area contributed by atoms with Gasteiger partial charge in [-0.3, -0.25) is 4.90 Å². The monoisotopic (exact) mass is 295 g/mol. The molecule has 6 heteroatoms. The van der Waals surface area contributed by atoms with Gasteiger partial charge in [0.25, 0.3) is 0 Å². The van der Waals surface area contributed by atoms with Crippen LogP contribution in [-0.2, 0) is 4.79 Å². The number of likely N-dealkylation sites (tertiary alicyclic amines) is 1. The molecule has 1 saturated heterocycles. The van der Waals surface area contributed by atoms with Crippen LogP contribution >= 0.6 is 11.8 Å². The third kappa shape index (κ3) is 3.07. The zero-order chi connectivity index (χ0) is 14.9. The van der Waals surface area contributed by atoms with Crippen molar-refractivity contribution in [1.82, 2.24) is 4.90 Å². The van der Waals surface area contributed by atoms with E-state index in [1.807, 2.05) is 26.0 Å². The maximum absolute atomic E-state index is 11.1. The van der Waals surface area contributed by atoms with Crippen molar-refractivity contribution in [3.8, 4) is 0 Å². The Morgan fingerprint density at radius 3 is 2.50 bits per heavy atom. The van der Waals surface area contributed by atoms with Crippen LogP contribution in [0.25, 0.3) is 0 Å². The minimum absolute atomic E-state index is 0.0198. The second-order valence-corrected chi connectivity index (χ2v) is 6.38. The van der Waals surface area contributed by atoms with Crippen LogP contribution in [0.4, 0.5) is 4.79 Å². The van der Waals surface area contributed by atoms with E-state index in [2.05, 4.69) is 6.07 Å².